The maximum atomic E-state index is 13.8. The minimum atomic E-state index is -0.138. The van der Waals surface area contributed by atoms with Crippen LogP contribution in [0.1, 0.15) is 12.0 Å². The molecular formula is C11H13FN2. The number of aryl methyl sites for hydroxylation is 1. The summed E-state index contributed by atoms with van der Waals surface area (Å²) in [5.74, 6) is -0.138. The maximum absolute atomic E-state index is 13.8. The summed E-state index contributed by atoms with van der Waals surface area (Å²) in [7, 11) is 0. The lowest BCUT2D eigenvalue weighted by Gasteiger charge is -2.02. The molecule has 0 atom stereocenters. The Morgan fingerprint density at radius 2 is 2.14 bits per heavy atom. The first-order chi connectivity index (χ1) is 6.83. The van der Waals surface area contributed by atoms with Gasteiger partial charge in [-0.15, -0.1) is 0 Å². The van der Waals surface area contributed by atoms with Crippen molar-refractivity contribution in [1.82, 2.24) is 4.98 Å². The van der Waals surface area contributed by atoms with Gasteiger partial charge < -0.3 is 10.7 Å². The molecule has 2 aromatic rings. The van der Waals surface area contributed by atoms with Gasteiger partial charge in [0.25, 0.3) is 0 Å². The molecule has 74 valence electrons. The molecule has 0 unspecified atom stereocenters. The first kappa shape index (κ1) is 9.21. The Labute approximate surface area is 81.9 Å². The molecule has 2 rings (SSSR count). The van der Waals surface area contributed by atoms with Gasteiger partial charge in [-0.1, -0.05) is 12.1 Å². The molecule has 0 amide bonds. The van der Waals surface area contributed by atoms with Crippen molar-refractivity contribution in [2.45, 2.75) is 12.8 Å². The highest BCUT2D eigenvalue weighted by molar-refractivity contribution is 5.80. The minimum absolute atomic E-state index is 0.138. The lowest BCUT2D eigenvalue weighted by atomic mass is 10.1. The van der Waals surface area contributed by atoms with Crippen LogP contribution in [0, 0.1) is 5.82 Å². The fourth-order valence-electron chi connectivity index (χ4n) is 1.62. The second-order valence-corrected chi connectivity index (χ2v) is 3.37. The molecule has 2 nitrogen and oxygen atoms in total. The van der Waals surface area contributed by atoms with E-state index in [4.69, 9.17) is 5.73 Å². The lowest BCUT2D eigenvalue weighted by Crippen LogP contribution is -2.01. The van der Waals surface area contributed by atoms with E-state index in [1.165, 1.54) is 0 Å². The molecule has 1 aromatic carbocycles. The van der Waals surface area contributed by atoms with Crippen molar-refractivity contribution in [2.24, 2.45) is 5.73 Å². The van der Waals surface area contributed by atoms with Gasteiger partial charge in [-0.3, -0.25) is 0 Å². The summed E-state index contributed by atoms with van der Waals surface area (Å²) in [5.41, 5.74) is 6.73. The molecule has 0 saturated carbocycles. The molecular weight excluding hydrogens is 179 g/mol. The van der Waals surface area contributed by atoms with Crippen LogP contribution in [0.4, 0.5) is 4.39 Å². The molecule has 0 fully saturated rings. The van der Waals surface area contributed by atoms with Crippen LogP contribution in [-0.2, 0) is 6.42 Å². The topological polar surface area (TPSA) is 41.8 Å². The highest BCUT2D eigenvalue weighted by Crippen LogP contribution is 2.20. The quantitative estimate of drug-likeness (QED) is 0.769. The van der Waals surface area contributed by atoms with E-state index in [0.29, 0.717) is 18.5 Å². The zero-order valence-electron chi connectivity index (χ0n) is 7.89. The number of rotatable bonds is 3. The second kappa shape index (κ2) is 3.80. The fraction of sp³-hybridized carbons (Fsp3) is 0.273. The molecule has 0 aliphatic heterocycles. The minimum Gasteiger partial charge on any atom is -0.359 e. The van der Waals surface area contributed by atoms with Gasteiger partial charge in [0.1, 0.15) is 5.82 Å². The largest absolute Gasteiger partial charge is 0.359 e. The zero-order chi connectivity index (χ0) is 9.97. The van der Waals surface area contributed by atoms with Crippen molar-refractivity contribution in [2.75, 3.05) is 6.54 Å². The van der Waals surface area contributed by atoms with Gasteiger partial charge in [0.05, 0.1) is 5.52 Å². The number of halogens is 1. The number of nitrogens with two attached hydrogens (primary N) is 1. The van der Waals surface area contributed by atoms with Crippen LogP contribution in [0.15, 0.2) is 24.4 Å². The third-order valence-corrected chi connectivity index (χ3v) is 2.39. The van der Waals surface area contributed by atoms with Gasteiger partial charge in [0, 0.05) is 11.6 Å². The summed E-state index contributed by atoms with van der Waals surface area (Å²) < 4.78 is 13.8. The predicted octanol–water partition coefficient (Wildman–Crippen LogP) is 2.20. The van der Waals surface area contributed by atoms with Crippen molar-refractivity contribution in [3.63, 3.8) is 0 Å². The van der Waals surface area contributed by atoms with Gasteiger partial charge in [0.2, 0.25) is 0 Å². The number of aromatic nitrogens is 1. The molecule has 0 aliphatic carbocycles. The first-order valence-electron chi connectivity index (χ1n) is 4.77. The van der Waals surface area contributed by atoms with Crippen LogP contribution in [0.25, 0.3) is 10.9 Å². The summed E-state index contributed by atoms with van der Waals surface area (Å²) in [6, 6.07) is 5.63. The van der Waals surface area contributed by atoms with Gasteiger partial charge in [0.15, 0.2) is 0 Å². The van der Waals surface area contributed by atoms with E-state index in [0.717, 1.165) is 17.4 Å². The van der Waals surface area contributed by atoms with Crippen molar-refractivity contribution >= 4 is 10.9 Å². The molecule has 0 aliphatic rings. The third kappa shape index (κ3) is 1.51. The summed E-state index contributed by atoms with van der Waals surface area (Å²) in [4.78, 5) is 2.90. The summed E-state index contributed by atoms with van der Waals surface area (Å²) in [6.45, 7) is 0.599. The van der Waals surface area contributed by atoms with E-state index in [9.17, 15) is 4.39 Å². The number of fused-ring (bicyclic) bond motifs is 1. The van der Waals surface area contributed by atoms with E-state index >= 15 is 0 Å². The number of hydrogen-bond donors (Lipinski definition) is 2. The van der Waals surface area contributed by atoms with Crippen molar-refractivity contribution in [3.8, 4) is 0 Å². The van der Waals surface area contributed by atoms with Crippen molar-refractivity contribution < 1.29 is 4.39 Å². The number of aromatic amines is 1. The van der Waals surface area contributed by atoms with Crippen LogP contribution < -0.4 is 5.73 Å². The Hall–Kier alpha value is -1.35. The van der Waals surface area contributed by atoms with Crippen LogP contribution in [0.2, 0.25) is 0 Å². The average Bonchev–Trinajstić information content (AvgIpc) is 2.66. The smallest absolute Gasteiger partial charge is 0.150 e. The number of nitrogens with one attached hydrogen (secondary N) is 1. The molecule has 0 spiro atoms. The Balaban J connectivity index is 2.40. The van der Waals surface area contributed by atoms with Crippen LogP contribution in [0.3, 0.4) is 0 Å². The summed E-state index contributed by atoms with van der Waals surface area (Å²) >= 11 is 0. The molecule has 0 radical (unpaired) electrons. The molecule has 0 saturated heterocycles. The highest BCUT2D eigenvalue weighted by atomic mass is 19.1. The number of hydrogen-bond acceptors (Lipinski definition) is 1. The average molecular weight is 192 g/mol. The summed E-state index contributed by atoms with van der Waals surface area (Å²) in [6.07, 6.45) is 3.28. The van der Waals surface area contributed by atoms with Crippen molar-refractivity contribution in [1.29, 1.82) is 0 Å². The van der Waals surface area contributed by atoms with E-state index in [1.54, 1.807) is 6.20 Å². The van der Waals surface area contributed by atoms with E-state index < -0.39 is 0 Å². The third-order valence-electron chi connectivity index (χ3n) is 2.39. The van der Waals surface area contributed by atoms with E-state index in [2.05, 4.69) is 4.98 Å². The molecule has 3 N–H and O–H groups in total. The SMILES string of the molecule is NCCCc1ccc2cc[nH]c2c1F. The fourth-order valence-corrected chi connectivity index (χ4v) is 1.62. The van der Waals surface area contributed by atoms with Gasteiger partial charge >= 0.3 is 0 Å². The van der Waals surface area contributed by atoms with Gasteiger partial charge in [-0.05, 0) is 31.0 Å². The van der Waals surface area contributed by atoms with Crippen LogP contribution >= 0.6 is 0 Å². The normalized spacial score (nSPS) is 11.0. The van der Waals surface area contributed by atoms with E-state index in [-0.39, 0.29) is 5.82 Å². The zero-order valence-corrected chi connectivity index (χ0v) is 7.89. The van der Waals surface area contributed by atoms with Gasteiger partial charge in [-0.25, -0.2) is 4.39 Å². The molecule has 3 heteroatoms. The molecule has 1 aromatic heterocycles. The Bertz CT molecular complexity index is 434. The van der Waals surface area contributed by atoms with Crippen molar-refractivity contribution in [3.05, 3.63) is 35.8 Å². The monoisotopic (exact) mass is 192 g/mol. The first-order valence-corrected chi connectivity index (χ1v) is 4.77. The molecule has 0 bridgehead atoms. The molecule has 1 heterocycles. The standard InChI is InChI=1S/C11H13FN2/c12-10-8(2-1-6-13)3-4-9-5-7-14-11(9)10/h3-5,7,14H,1-2,6,13H2. The molecule has 14 heavy (non-hydrogen) atoms. The maximum Gasteiger partial charge on any atom is 0.150 e. The lowest BCUT2D eigenvalue weighted by molar-refractivity contribution is 0.614. The Morgan fingerprint density at radius 1 is 1.29 bits per heavy atom. The Morgan fingerprint density at radius 3 is 2.93 bits per heavy atom. The van der Waals surface area contributed by atoms with Crippen LogP contribution in [0.5, 0.6) is 0 Å². The second-order valence-electron chi connectivity index (χ2n) is 3.37. The van der Waals surface area contributed by atoms with Crippen LogP contribution in [-0.4, -0.2) is 11.5 Å². The number of benzene rings is 1. The van der Waals surface area contributed by atoms with E-state index in [1.807, 2.05) is 18.2 Å². The predicted molar refractivity (Wildman–Crippen MR) is 55.6 cm³/mol. The highest BCUT2D eigenvalue weighted by Gasteiger charge is 2.06. The Kier molecular flexibility index (Phi) is 2.50. The summed E-state index contributed by atoms with van der Waals surface area (Å²) in [5, 5.41) is 0.916. The van der Waals surface area contributed by atoms with Gasteiger partial charge in [-0.2, -0.15) is 0 Å². The number of H-pyrrole nitrogens is 1.